The van der Waals surface area contributed by atoms with Gasteiger partial charge in [0.2, 0.25) is 0 Å². The van der Waals surface area contributed by atoms with Gasteiger partial charge in [0, 0.05) is 15.4 Å². The molecule has 1 aromatic heterocycles. The predicted octanol–water partition coefficient (Wildman–Crippen LogP) is 3.40. The second-order valence-electron chi connectivity index (χ2n) is 3.53. The molecular weight excluding hydrogens is 332 g/mol. The van der Waals surface area contributed by atoms with Crippen LogP contribution in [0.1, 0.15) is 15.9 Å². The van der Waals surface area contributed by atoms with Gasteiger partial charge in [-0.15, -0.1) is 0 Å². The van der Waals surface area contributed by atoms with E-state index in [1.165, 1.54) is 11.3 Å². The third kappa shape index (κ3) is 2.95. The highest BCUT2D eigenvalue weighted by Crippen LogP contribution is 2.24. The van der Waals surface area contributed by atoms with E-state index >= 15 is 0 Å². The molecule has 1 heterocycles. The van der Waals surface area contributed by atoms with Crippen molar-refractivity contribution < 1.29 is 4.79 Å². The summed E-state index contributed by atoms with van der Waals surface area (Å²) in [6.45, 7) is 0. The smallest absolute Gasteiger partial charge is 0.256 e. The Hall–Kier alpha value is -1.24. The lowest BCUT2D eigenvalue weighted by Gasteiger charge is -2.08. The first-order chi connectivity index (χ1) is 8.58. The molecule has 92 valence electrons. The largest absolute Gasteiger partial charge is 0.389 e. The number of amides is 1. The van der Waals surface area contributed by atoms with Crippen molar-refractivity contribution in [1.82, 2.24) is 0 Å². The molecule has 1 amide bonds. The van der Waals surface area contributed by atoms with Crippen molar-refractivity contribution in [2.75, 3.05) is 5.32 Å². The Morgan fingerprint density at radius 1 is 1.33 bits per heavy atom. The zero-order valence-electron chi connectivity index (χ0n) is 9.14. The van der Waals surface area contributed by atoms with Crippen molar-refractivity contribution in [1.29, 1.82) is 0 Å². The summed E-state index contributed by atoms with van der Waals surface area (Å²) in [5.74, 6) is -0.139. The fourth-order valence-corrected chi connectivity index (χ4v) is 2.60. The second kappa shape index (κ2) is 5.60. The number of carbonyl (C=O) groups excluding carboxylic acids is 1. The Balaban J connectivity index is 2.20. The number of nitrogens with one attached hydrogen (secondary N) is 1. The number of hydrogen-bond acceptors (Lipinski definition) is 3. The van der Waals surface area contributed by atoms with Crippen LogP contribution in [0.4, 0.5) is 5.69 Å². The van der Waals surface area contributed by atoms with Gasteiger partial charge in [0.25, 0.3) is 5.91 Å². The number of anilines is 1. The first kappa shape index (κ1) is 13.2. The normalized spacial score (nSPS) is 10.1. The van der Waals surface area contributed by atoms with Crippen LogP contribution in [0.25, 0.3) is 0 Å². The minimum atomic E-state index is -0.139. The summed E-state index contributed by atoms with van der Waals surface area (Å²) in [5.41, 5.74) is 7.62. The van der Waals surface area contributed by atoms with Gasteiger partial charge in [-0.2, -0.15) is 11.3 Å². The number of thiophene rings is 1. The molecule has 0 saturated heterocycles. The van der Waals surface area contributed by atoms with E-state index in [2.05, 4.69) is 21.2 Å². The van der Waals surface area contributed by atoms with Gasteiger partial charge in [-0.25, -0.2) is 0 Å². The van der Waals surface area contributed by atoms with Crippen LogP contribution in [-0.4, -0.2) is 10.9 Å². The molecule has 0 unspecified atom stereocenters. The zero-order valence-corrected chi connectivity index (χ0v) is 12.4. The molecule has 0 aliphatic heterocycles. The van der Waals surface area contributed by atoms with Gasteiger partial charge in [0.1, 0.15) is 4.99 Å². The molecule has 0 saturated carbocycles. The lowest BCUT2D eigenvalue weighted by Crippen LogP contribution is -2.13. The van der Waals surface area contributed by atoms with Crippen LogP contribution in [0.15, 0.2) is 39.5 Å². The first-order valence-electron chi connectivity index (χ1n) is 5.01. The second-order valence-corrected chi connectivity index (χ2v) is 5.60. The van der Waals surface area contributed by atoms with E-state index in [4.69, 9.17) is 18.0 Å². The molecule has 6 heteroatoms. The van der Waals surface area contributed by atoms with Crippen LogP contribution >= 0.6 is 39.5 Å². The third-order valence-corrected chi connectivity index (χ3v) is 3.86. The van der Waals surface area contributed by atoms with Crippen molar-refractivity contribution in [3.8, 4) is 0 Å². The van der Waals surface area contributed by atoms with Gasteiger partial charge < -0.3 is 11.1 Å². The summed E-state index contributed by atoms with van der Waals surface area (Å²) in [6.07, 6.45) is 0. The average Bonchev–Trinajstić information content (AvgIpc) is 2.85. The third-order valence-electron chi connectivity index (χ3n) is 2.29. The molecule has 3 N–H and O–H groups in total. The van der Waals surface area contributed by atoms with Crippen molar-refractivity contribution in [2.45, 2.75) is 0 Å². The van der Waals surface area contributed by atoms with Crippen molar-refractivity contribution >= 4 is 56.1 Å². The predicted molar refractivity (Wildman–Crippen MR) is 82.3 cm³/mol. The summed E-state index contributed by atoms with van der Waals surface area (Å²) in [4.78, 5) is 12.2. The lowest BCUT2D eigenvalue weighted by atomic mass is 10.2. The Bertz CT molecular complexity index is 596. The Labute approximate surface area is 122 Å². The minimum Gasteiger partial charge on any atom is -0.389 e. The monoisotopic (exact) mass is 340 g/mol. The molecule has 3 nitrogen and oxygen atoms in total. The first-order valence-corrected chi connectivity index (χ1v) is 7.15. The topological polar surface area (TPSA) is 55.1 Å². The fourth-order valence-electron chi connectivity index (χ4n) is 1.36. The summed E-state index contributed by atoms with van der Waals surface area (Å²) in [5, 5.41) is 6.47. The maximum absolute atomic E-state index is 11.9. The maximum atomic E-state index is 11.9. The van der Waals surface area contributed by atoms with E-state index in [9.17, 15) is 4.79 Å². The molecule has 1 aromatic carbocycles. The molecule has 2 aromatic rings. The number of rotatable bonds is 3. The van der Waals surface area contributed by atoms with Crippen LogP contribution in [0, 0.1) is 0 Å². The highest BCUT2D eigenvalue weighted by molar-refractivity contribution is 9.10. The fraction of sp³-hybridized carbons (Fsp3) is 0. The van der Waals surface area contributed by atoms with Crippen molar-refractivity contribution in [3.05, 3.63) is 50.6 Å². The Morgan fingerprint density at radius 2 is 2.11 bits per heavy atom. The van der Waals surface area contributed by atoms with E-state index < -0.39 is 0 Å². The van der Waals surface area contributed by atoms with Crippen LogP contribution in [-0.2, 0) is 0 Å². The molecule has 2 rings (SSSR count). The number of hydrogen-bond donors (Lipinski definition) is 2. The highest BCUT2D eigenvalue weighted by Gasteiger charge is 2.09. The summed E-state index contributed by atoms with van der Waals surface area (Å²) in [7, 11) is 0. The van der Waals surface area contributed by atoms with Crippen molar-refractivity contribution in [2.24, 2.45) is 5.73 Å². The molecule has 0 fully saturated rings. The van der Waals surface area contributed by atoms with E-state index in [1.807, 2.05) is 5.38 Å². The molecule has 0 spiro atoms. The van der Waals surface area contributed by atoms with Gasteiger partial charge in [-0.3, -0.25) is 4.79 Å². The molecule has 18 heavy (non-hydrogen) atoms. The molecule has 0 atom stereocenters. The number of nitrogens with two attached hydrogens (primary N) is 1. The lowest BCUT2D eigenvalue weighted by molar-refractivity contribution is 0.102. The summed E-state index contributed by atoms with van der Waals surface area (Å²) < 4.78 is 0.747. The van der Waals surface area contributed by atoms with E-state index in [0.29, 0.717) is 16.2 Å². The Kier molecular flexibility index (Phi) is 4.11. The summed E-state index contributed by atoms with van der Waals surface area (Å²) >= 11 is 9.75. The maximum Gasteiger partial charge on any atom is 0.256 e. The number of benzene rings is 1. The van der Waals surface area contributed by atoms with Gasteiger partial charge in [-0.05, 0) is 45.6 Å². The van der Waals surface area contributed by atoms with E-state index in [0.717, 1.165) is 10.0 Å². The molecule has 0 radical (unpaired) electrons. The Morgan fingerprint density at radius 3 is 2.67 bits per heavy atom. The quantitative estimate of drug-likeness (QED) is 0.842. The standard InChI is InChI=1S/C12H9BrN2OS2/c13-9-5-7(11(14)17)1-2-10(9)15-12(16)8-3-4-18-6-8/h1-6H,(H2,14,17)(H,15,16). The van der Waals surface area contributed by atoms with Crippen LogP contribution in [0.5, 0.6) is 0 Å². The molecule has 0 aliphatic carbocycles. The van der Waals surface area contributed by atoms with E-state index in [-0.39, 0.29) is 5.91 Å². The molecular formula is C12H9BrN2OS2. The minimum absolute atomic E-state index is 0.139. The van der Waals surface area contributed by atoms with Crippen molar-refractivity contribution in [3.63, 3.8) is 0 Å². The SMILES string of the molecule is NC(=S)c1ccc(NC(=O)c2ccsc2)c(Br)c1. The van der Waals surface area contributed by atoms with Gasteiger partial charge in [0.15, 0.2) is 0 Å². The van der Waals surface area contributed by atoms with Crippen LogP contribution < -0.4 is 11.1 Å². The highest BCUT2D eigenvalue weighted by atomic mass is 79.9. The summed E-state index contributed by atoms with van der Waals surface area (Å²) in [6, 6.07) is 7.10. The average molecular weight is 341 g/mol. The zero-order chi connectivity index (χ0) is 13.1. The number of halogens is 1. The molecule has 0 bridgehead atoms. The number of thiocarbonyl (C=S) groups is 1. The van der Waals surface area contributed by atoms with Gasteiger partial charge in [-0.1, -0.05) is 12.2 Å². The van der Waals surface area contributed by atoms with Crippen LogP contribution in [0.2, 0.25) is 0 Å². The van der Waals surface area contributed by atoms with Crippen LogP contribution in [0.3, 0.4) is 0 Å². The van der Waals surface area contributed by atoms with Gasteiger partial charge in [0.05, 0.1) is 11.3 Å². The van der Waals surface area contributed by atoms with Gasteiger partial charge >= 0.3 is 0 Å². The number of carbonyl (C=O) groups is 1. The van der Waals surface area contributed by atoms with E-state index in [1.54, 1.807) is 29.6 Å². The molecule has 0 aliphatic rings.